The first kappa shape index (κ1) is 17.6. The number of anilines is 1. The number of hydrogen-bond acceptors (Lipinski definition) is 4. The van der Waals surface area contributed by atoms with Gasteiger partial charge in [-0.3, -0.25) is 0 Å². The molecule has 1 aromatic carbocycles. The van der Waals surface area contributed by atoms with Gasteiger partial charge in [0.15, 0.2) is 0 Å². The summed E-state index contributed by atoms with van der Waals surface area (Å²) in [5.74, 6) is 0.471. The van der Waals surface area contributed by atoms with E-state index in [0.717, 1.165) is 22.3 Å². The van der Waals surface area contributed by atoms with E-state index in [-0.39, 0.29) is 25.1 Å². The highest BCUT2D eigenvalue weighted by molar-refractivity contribution is 5.85. The zero-order valence-corrected chi connectivity index (χ0v) is 14.0. The molecule has 0 spiro atoms. The van der Waals surface area contributed by atoms with Crippen molar-refractivity contribution in [2.24, 2.45) is 0 Å². The third kappa shape index (κ3) is 4.17. The molecule has 0 bridgehead atoms. The second-order valence-corrected chi connectivity index (χ2v) is 5.36. The quantitative estimate of drug-likeness (QED) is 0.758. The molecule has 24 heavy (non-hydrogen) atoms. The van der Waals surface area contributed by atoms with E-state index >= 15 is 0 Å². The maximum atomic E-state index is 12.0. The van der Waals surface area contributed by atoms with Gasteiger partial charge >= 0.3 is 6.09 Å². The van der Waals surface area contributed by atoms with E-state index in [9.17, 15) is 4.79 Å². The molecular formula is C17H19ClN4O2. The van der Waals surface area contributed by atoms with E-state index in [1.54, 1.807) is 13.1 Å². The number of pyridine rings is 1. The SMILES string of the molecule is CN(Cc1cc2nc(N)ccc2[nH]1)C(=O)OCc1ccccc1.Cl. The highest BCUT2D eigenvalue weighted by Gasteiger charge is 2.12. The van der Waals surface area contributed by atoms with Gasteiger partial charge in [-0.2, -0.15) is 0 Å². The number of nitrogen functional groups attached to an aromatic ring is 1. The number of ether oxygens (including phenoxy) is 1. The molecule has 3 rings (SSSR count). The first-order valence-electron chi connectivity index (χ1n) is 7.28. The lowest BCUT2D eigenvalue weighted by molar-refractivity contribution is 0.102. The Kier molecular flexibility index (Phi) is 5.65. The van der Waals surface area contributed by atoms with Crippen LogP contribution in [0, 0.1) is 0 Å². The molecule has 3 aromatic rings. The highest BCUT2D eigenvalue weighted by Crippen LogP contribution is 2.16. The molecule has 7 heteroatoms. The molecule has 3 N–H and O–H groups in total. The first-order chi connectivity index (χ1) is 11.1. The largest absolute Gasteiger partial charge is 0.445 e. The van der Waals surface area contributed by atoms with Gasteiger partial charge in [0.1, 0.15) is 12.4 Å². The number of rotatable bonds is 4. The predicted octanol–water partition coefficient (Wildman–Crippen LogP) is 3.34. The fraction of sp³-hybridized carbons (Fsp3) is 0.176. The van der Waals surface area contributed by atoms with Crippen molar-refractivity contribution in [1.29, 1.82) is 0 Å². The number of aromatic amines is 1. The zero-order valence-electron chi connectivity index (χ0n) is 13.2. The van der Waals surface area contributed by atoms with Crippen molar-refractivity contribution in [2.75, 3.05) is 12.8 Å². The number of carbonyl (C=O) groups is 1. The van der Waals surface area contributed by atoms with Gasteiger partial charge in [-0.25, -0.2) is 9.78 Å². The number of carbonyl (C=O) groups excluding carboxylic acids is 1. The van der Waals surface area contributed by atoms with Crippen LogP contribution in [0.4, 0.5) is 10.6 Å². The average Bonchev–Trinajstić information content (AvgIpc) is 2.94. The van der Waals surface area contributed by atoms with Crippen LogP contribution in [0.5, 0.6) is 0 Å². The van der Waals surface area contributed by atoms with Crippen molar-refractivity contribution in [3.8, 4) is 0 Å². The Hall–Kier alpha value is -2.73. The number of amides is 1. The summed E-state index contributed by atoms with van der Waals surface area (Å²) in [6.45, 7) is 0.665. The van der Waals surface area contributed by atoms with Crippen LogP contribution in [-0.4, -0.2) is 28.0 Å². The molecule has 6 nitrogen and oxygen atoms in total. The molecule has 0 atom stereocenters. The van der Waals surface area contributed by atoms with Crippen molar-refractivity contribution >= 4 is 35.4 Å². The van der Waals surface area contributed by atoms with E-state index < -0.39 is 0 Å². The van der Waals surface area contributed by atoms with Crippen LogP contribution in [0.3, 0.4) is 0 Å². The maximum Gasteiger partial charge on any atom is 0.410 e. The summed E-state index contributed by atoms with van der Waals surface area (Å²) in [5, 5.41) is 0. The minimum atomic E-state index is -0.375. The maximum absolute atomic E-state index is 12.0. The van der Waals surface area contributed by atoms with Gasteiger partial charge < -0.3 is 20.4 Å². The summed E-state index contributed by atoms with van der Waals surface area (Å²) < 4.78 is 5.29. The fourth-order valence-electron chi connectivity index (χ4n) is 2.32. The van der Waals surface area contributed by atoms with Crippen LogP contribution in [-0.2, 0) is 17.9 Å². The van der Waals surface area contributed by atoms with Crippen LogP contribution in [0.15, 0.2) is 48.5 Å². The zero-order chi connectivity index (χ0) is 16.2. The Morgan fingerprint density at radius 1 is 1.25 bits per heavy atom. The molecule has 2 aromatic heterocycles. The van der Waals surface area contributed by atoms with E-state index in [4.69, 9.17) is 10.5 Å². The summed E-state index contributed by atoms with van der Waals surface area (Å²) in [5.41, 5.74) is 9.17. The number of hydrogen-bond donors (Lipinski definition) is 2. The molecule has 0 aliphatic rings. The van der Waals surface area contributed by atoms with E-state index in [1.165, 1.54) is 4.90 Å². The minimum absolute atomic E-state index is 0. The number of halogens is 1. The molecule has 0 saturated carbocycles. The molecular weight excluding hydrogens is 328 g/mol. The standard InChI is InChI=1S/C17H18N4O2.ClH/c1-21(17(22)23-11-12-5-3-2-4-6-12)10-13-9-15-14(19-13)7-8-16(18)20-15;/h2-9,19H,10-11H2,1H3,(H2,18,20);1H. The van der Waals surface area contributed by atoms with Gasteiger partial charge in [0, 0.05) is 12.7 Å². The van der Waals surface area contributed by atoms with Gasteiger partial charge in [-0.05, 0) is 23.8 Å². The molecule has 0 aliphatic heterocycles. The number of H-pyrrole nitrogens is 1. The van der Waals surface area contributed by atoms with Crippen molar-refractivity contribution in [1.82, 2.24) is 14.9 Å². The van der Waals surface area contributed by atoms with Crippen molar-refractivity contribution in [3.63, 3.8) is 0 Å². The first-order valence-corrected chi connectivity index (χ1v) is 7.28. The Balaban J connectivity index is 0.00000208. The van der Waals surface area contributed by atoms with Gasteiger partial charge in [-0.1, -0.05) is 30.3 Å². The van der Waals surface area contributed by atoms with Crippen LogP contribution < -0.4 is 5.73 Å². The van der Waals surface area contributed by atoms with Crippen LogP contribution >= 0.6 is 12.4 Å². The number of fused-ring (bicyclic) bond motifs is 1. The van der Waals surface area contributed by atoms with Crippen LogP contribution in [0.1, 0.15) is 11.3 Å². The Morgan fingerprint density at radius 2 is 2.00 bits per heavy atom. The summed E-state index contributed by atoms with van der Waals surface area (Å²) >= 11 is 0. The van der Waals surface area contributed by atoms with Gasteiger partial charge in [-0.15, -0.1) is 12.4 Å². The lowest BCUT2D eigenvalue weighted by Gasteiger charge is -2.16. The third-order valence-electron chi connectivity index (χ3n) is 3.48. The Bertz CT molecular complexity index is 820. The molecule has 0 radical (unpaired) electrons. The van der Waals surface area contributed by atoms with E-state index in [1.807, 2.05) is 42.5 Å². The molecule has 126 valence electrons. The van der Waals surface area contributed by atoms with Crippen molar-refractivity contribution in [2.45, 2.75) is 13.2 Å². The summed E-state index contributed by atoms with van der Waals surface area (Å²) in [6, 6.07) is 15.1. The average molecular weight is 347 g/mol. The highest BCUT2D eigenvalue weighted by atomic mass is 35.5. The smallest absolute Gasteiger partial charge is 0.410 e. The number of nitrogens with one attached hydrogen (secondary N) is 1. The summed E-state index contributed by atoms with van der Waals surface area (Å²) in [6.07, 6.45) is -0.375. The Labute approximate surface area is 146 Å². The number of nitrogens with zero attached hydrogens (tertiary/aromatic N) is 2. The minimum Gasteiger partial charge on any atom is -0.445 e. The second kappa shape index (κ2) is 7.70. The van der Waals surface area contributed by atoms with E-state index in [0.29, 0.717) is 12.4 Å². The van der Waals surface area contributed by atoms with E-state index in [2.05, 4.69) is 9.97 Å². The van der Waals surface area contributed by atoms with Crippen molar-refractivity contribution < 1.29 is 9.53 Å². The molecule has 2 heterocycles. The number of aromatic nitrogens is 2. The summed E-state index contributed by atoms with van der Waals surface area (Å²) in [4.78, 5) is 21.0. The molecule has 0 aliphatic carbocycles. The van der Waals surface area contributed by atoms with Crippen LogP contribution in [0.25, 0.3) is 11.0 Å². The number of benzene rings is 1. The third-order valence-corrected chi connectivity index (χ3v) is 3.48. The Morgan fingerprint density at radius 3 is 2.75 bits per heavy atom. The normalized spacial score (nSPS) is 10.2. The lowest BCUT2D eigenvalue weighted by Crippen LogP contribution is -2.27. The fourth-order valence-corrected chi connectivity index (χ4v) is 2.32. The van der Waals surface area contributed by atoms with Crippen molar-refractivity contribution in [3.05, 3.63) is 59.8 Å². The van der Waals surface area contributed by atoms with Gasteiger partial charge in [0.25, 0.3) is 0 Å². The topological polar surface area (TPSA) is 84.2 Å². The number of nitrogens with two attached hydrogens (primary N) is 1. The summed E-state index contributed by atoms with van der Waals surface area (Å²) in [7, 11) is 1.70. The lowest BCUT2D eigenvalue weighted by atomic mass is 10.2. The molecule has 0 fully saturated rings. The molecule has 0 saturated heterocycles. The van der Waals surface area contributed by atoms with Gasteiger partial charge in [0.2, 0.25) is 0 Å². The molecule has 0 unspecified atom stereocenters. The predicted molar refractivity (Wildman–Crippen MR) is 95.8 cm³/mol. The van der Waals surface area contributed by atoms with Crippen LogP contribution in [0.2, 0.25) is 0 Å². The monoisotopic (exact) mass is 346 g/mol. The van der Waals surface area contributed by atoms with Gasteiger partial charge in [0.05, 0.1) is 17.6 Å². The second-order valence-electron chi connectivity index (χ2n) is 5.36. The molecule has 1 amide bonds.